The number of nitrogens with two attached hydrogens (primary N) is 1. The second-order valence-corrected chi connectivity index (χ2v) is 7.79. The fraction of sp³-hybridized carbons (Fsp3) is 0.312. The van der Waals surface area contributed by atoms with Gasteiger partial charge >= 0.3 is 0 Å². The summed E-state index contributed by atoms with van der Waals surface area (Å²) >= 11 is 4.89. The molecule has 0 saturated carbocycles. The molecule has 118 valence electrons. The third-order valence-corrected chi connectivity index (χ3v) is 5.65. The molecule has 1 fully saturated rings. The van der Waals surface area contributed by atoms with Crippen LogP contribution < -0.4 is 5.73 Å². The Kier molecular flexibility index (Phi) is 6.03. The highest BCUT2D eigenvalue weighted by Crippen LogP contribution is 2.34. The lowest BCUT2D eigenvalue weighted by molar-refractivity contribution is 0.0791. The average molecular weight is 402 g/mol. The molecule has 0 radical (unpaired) electrons. The van der Waals surface area contributed by atoms with Gasteiger partial charge in [-0.05, 0) is 46.1 Å². The number of hydrogen-bond donors (Lipinski definition) is 1. The van der Waals surface area contributed by atoms with Gasteiger partial charge in [0.15, 0.2) is 0 Å². The second kappa shape index (κ2) is 7.59. The Morgan fingerprint density at radius 1 is 1.23 bits per heavy atom. The SMILES string of the molecule is Cl.NC[C@@H]1CN(C(=O)c2ccc(Br)s2)C[C@H]1c1ccccc1. The number of thiophene rings is 1. The first-order chi connectivity index (χ1) is 10.2. The molecule has 2 atom stereocenters. The van der Waals surface area contributed by atoms with Gasteiger partial charge in [-0.15, -0.1) is 23.7 Å². The van der Waals surface area contributed by atoms with Gasteiger partial charge in [-0.25, -0.2) is 0 Å². The third-order valence-electron chi connectivity index (χ3n) is 4.04. The van der Waals surface area contributed by atoms with Crippen molar-refractivity contribution in [3.63, 3.8) is 0 Å². The predicted molar refractivity (Wildman–Crippen MR) is 96.9 cm³/mol. The van der Waals surface area contributed by atoms with Crippen molar-refractivity contribution in [2.45, 2.75) is 5.92 Å². The number of carbonyl (C=O) groups excluding carboxylic acids is 1. The van der Waals surface area contributed by atoms with Crippen molar-refractivity contribution in [1.29, 1.82) is 0 Å². The van der Waals surface area contributed by atoms with Crippen molar-refractivity contribution >= 4 is 45.6 Å². The Bertz CT molecular complexity index is 634. The van der Waals surface area contributed by atoms with E-state index in [-0.39, 0.29) is 18.3 Å². The number of nitrogens with zero attached hydrogens (tertiary/aromatic N) is 1. The molecule has 0 spiro atoms. The molecule has 2 heterocycles. The molecule has 0 bridgehead atoms. The van der Waals surface area contributed by atoms with Crippen molar-refractivity contribution in [3.05, 3.63) is 56.7 Å². The van der Waals surface area contributed by atoms with E-state index in [4.69, 9.17) is 5.73 Å². The van der Waals surface area contributed by atoms with Crippen LogP contribution in [0.3, 0.4) is 0 Å². The third kappa shape index (κ3) is 3.54. The monoisotopic (exact) mass is 400 g/mol. The van der Waals surface area contributed by atoms with Crippen molar-refractivity contribution in [3.8, 4) is 0 Å². The Hall–Kier alpha value is -0.880. The van der Waals surface area contributed by atoms with Crippen LogP contribution in [0.4, 0.5) is 0 Å². The minimum absolute atomic E-state index is 0. The zero-order valence-corrected chi connectivity index (χ0v) is 15.2. The lowest BCUT2D eigenvalue weighted by atomic mass is 9.89. The zero-order chi connectivity index (χ0) is 14.8. The number of benzene rings is 1. The number of likely N-dealkylation sites (tertiary alicyclic amines) is 1. The van der Waals surface area contributed by atoms with E-state index in [1.807, 2.05) is 35.2 Å². The molecule has 22 heavy (non-hydrogen) atoms. The largest absolute Gasteiger partial charge is 0.337 e. The topological polar surface area (TPSA) is 46.3 Å². The molecular formula is C16H18BrClN2OS. The van der Waals surface area contributed by atoms with E-state index < -0.39 is 0 Å². The first kappa shape index (κ1) is 17.5. The summed E-state index contributed by atoms with van der Waals surface area (Å²) in [6.45, 7) is 2.10. The Labute approximate surface area is 149 Å². The van der Waals surface area contributed by atoms with Crippen LogP contribution in [0.25, 0.3) is 0 Å². The molecule has 0 unspecified atom stereocenters. The molecule has 1 saturated heterocycles. The number of carbonyl (C=O) groups is 1. The van der Waals surface area contributed by atoms with E-state index >= 15 is 0 Å². The summed E-state index contributed by atoms with van der Waals surface area (Å²) in [6.07, 6.45) is 0. The second-order valence-electron chi connectivity index (χ2n) is 5.33. The highest BCUT2D eigenvalue weighted by atomic mass is 79.9. The van der Waals surface area contributed by atoms with Crippen LogP contribution >= 0.6 is 39.7 Å². The summed E-state index contributed by atoms with van der Waals surface area (Å²) in [6, 6.07) is 14.2. The predicted octanol–water partition coefficient (Wildman–Crippen LogP) is 3.75. The number of hydrogen-bond acceptors (Lipinski definition) is 3. The summed E-state index contributed by atoms with van der Waals surface area (Å²) in [7, 11) is 0. The Morgan fingerprint density at radius 2 is 1.95 bits per heavy atom. The van der Waals surface area contributed by atoms with Crippen molar-refractivity contribution in [2.75, 3.05) is 19.6 Å². The normalized spacial score (nSPS) is 20.7. The fourth-order valence-corrected chi connectivity index (χ4v) is 4.29. The van der Waals surface area contributed by atoms with Crippen LogP contribution in [-0.4, -0.2) is 30.4 Å². The first-order valence-corrected chi connectivity index (χ1v) is 8.59. The van der Waals surface area contributed by atoms with Gasteiger partial charge in [-0.1, -0.05) is 30.3 Å². The Morgan fingerprint density at radius 3 is 2.55 bits per heavy atom. The van der Waals surface area contributed by atoms with Crippen molar-refractivity contribution in [2.24, 2.45) is 11.7 Å². The van der Waals surface area contributed by atoms with Crippen LogP contribution in [0.2, 0.25) is 0 Å². The van der Waals surface area contributed by atoms with Gasteiger partial charge in [0, 0.05) is 19.0 Å². The maximum absolute atomic E-state index is 12.6. The molecule has 2 aromatic rings. The molecule has 0 aliphatic carbocycles. The van der Waals surface area contributed by atoms with E-state index in [1.54, 1.807) is 0 Å². The number of rotatable bonds is 3. The van der Waals surface area contributed by atoms with E-state index in [9.17, 15) is 4.79 Å². The molecule has 3 nitrogen and oxygen atoms in total. The standard InChI is InChI=1S/C16H17BrN2OS.ClH/c17-15-7-6-14(21-15)16(20)19-9-12(8-18)13(10-19)11-4-2-1-3-5-11;/h1-7,12-13H,8-10,18H2;1H/t12-,13+;/m1./s1. The maximum Gasteiger partial charge on any atom is 0.263 e. The molecule has 1 aromatic heterocycles. The molecule has 1 aromatic carbocycles. The van der Waals surface area contributed by atoms with E-state index in [2.05, 4.69) is 28.1 Å². The summed E-state index contributed by atoms with van der Waals surface area (Å²) < 4.78 is 0.986. The summed E-state index contributed by atoms with van der Waals surface area (Å²) in [5, 5.41) is 0. The fourth-order valence-electron chi connectivity index (χ4n) is 2.94. The van der Waals surface area contributed by atoms with Crippen LogP contribution in [0.1, 0.15) is 21.2 Å². The van der Waals surface area contributed by atoms with Crippen molar-refractivity contribution in [1.82, 2.24) is 4.90 Å². The first-order valence-electron chi connectivity index (χ1n) is 6.98. The van der Waals surface area contributed by atoms with E-state index in [1.165, 1.54) is 16.9 Å². The highest BCUT2D eigenvalue weighted by Gasteiger charge is 2.35. The minimum atomic E-state index is 0. The van der Waals surface area contributed by atoms with E-state index in [0.29, 0.717) is 18.4 Å². The van der Waals surface area contributed by atoms with Crippen LogP contribution in [0.15, 0.2) is 46.3 Å². The van der Waals surface area contributed by atoms with Gasteiger partial charge in [0.2, 0.25) is 0 Å². The Balaban J connectivity index is 0.00000176. The van der Waals surface area contributed by atoms with Gasteiger partial charge in [-0.3, -0.25) is 4.79 Å². The molecular weight excluding hydrogens is 384 g/mol. The van der Waals surface area contributed by atoms with Crippen LogP contribution in [0.5, 0.6) is 0 Å². The molecule has 3 rings (SSSR count). The van der Waals surface area contributed by atoms with Gasteiger partial charge in [0.25, 0.3) is 5.91 Å². The average Bonchev–Trinajstić information content (AvgIpc) is 3.13. The van der Waals surface area contributed by atoms with Gasteiger partial charge in [0.05, 0.1) is 8.66 Å². The van der Waals surface area contributed by atoms with Gasteiger partial charge in [-0.2, -0.15) is 0 Å². The quantitative estimate of drug-likeness (QED) is 0.851. The molecule has 2 N–H and O–H groups in total. The summed E-state index contributed by atoms with van der Waals surface area (Å²) in [5.41, 5.74) is 7.20. The van der Waals surface area contributed by atoms with E-state index in [0.717, 1.165) is 21.8 Å². The van der Waals surface area contributed by atoms with Crippen LogP contribution in [-0.2, 0) is 0 Å². The molecule has 1 aliphatic rings. The smallest absolute Gasteiger partial charge is 0.263 e. The molecule has 1 amide bonds. The summed E-state index contributed by atoms with van der Waals surface area (Å²) in [4.78, 5) is 15.3. The summed E-state index contributed by atoms with van der Waals surface area (Å²) in [5.74, 6) is 0.783. The maximum atomic E-state index is 12.6. The minimum Gasteiger partial charge on any atom is -0.337 e. The molecule has 1 aliphatic heterocycles. The lowest BCUT2D eigenvalue weighted by Gasteiger charge is -2.16. The number of amides is 1. The zero-order valence-electron chi connectivity index (χ0n) is 11.9. The van der Waals surface area contributed by atoms with Gasteiger partial charge < -0.3 is 10.6 Å². The highest BCUT2D eigenvalue weighted by molar-refractivity contribution is 9.11. The van der Waals surface area contributed by atoms with Crippen molar-refractivity contribution < 1.29 is 4.79 Å². The van der Waals surface area contributed by atoms with Gasteiger partial charge in [0.1, 0.15) is 0 Å². The van der Waals surface area contributed by atoms with Crippen LogP contribution in [0, 0.1) is 5.92 Å². The lowest BCUT2D eigenvalue weighted by Crippen LogP contribution is -2.29. The number of halogens is 2. The molecule has 6 heteroatoms.